The van der Waals surface area contributed by atoms with E-state index in [0.29, 0.717) is 0 Å². The zero-order chi connectivity index (χ0) is 23.0. The van der Waals surface area contributed by atoms with Gasteiger partial charge in [0.1, 0.15) is 0 Å². The third kappa shape index (κ3) is 6.29. The Labute approximate surface area is 188 Å². The predicted molar refractivity (Wildman–Crippen MR) is 130 cm³/mol. The molecule has 0 aromatic heterocycles. The van der Waals surface area contributed by atoms with E-state index >= 15 is 0 Å². The molecule has 170 valence electrons. The highest BCUT2D eigenvalue weighted by Crippen LogP contribution is 2.37. The Balaban J connectivity index is 2.25. The van der Waals surface area contributed by atoms with E-state index in [4.69, 9.17) is 0 Å². The molecule has 1 atom stereocenters. The molecule has 3 N–H and O–H groups in total. The van der Waals surface area contributed by atoms with Gasteiger partial charge in [-0.15, -0.1) is 0 Å². The standard InChI is InChI=1S/C28H40O3/c1-6-28(7-2,15-14-22-8-9-24(18-29)25(17-22)19-30)26-12-10-23(21(5)16-26)11-13-27(31)20(3)4/h8-13,16-17,20,27,29-31H,6-7,14-15,18-19H2,1-5H3. The van der Waals surface area contributed by atoms with Gasteiger partial charge in [0.25, 0.3) is 0 Å². The Hall–Kier alpha value is -1.94. The highest BCUT2D eigenvalue weighted by atomic mass is 16.3. The molecule has 0 saturated carbocycles. The summed E-state index contributed by atoms with van der Waals surface area (Å²) in [6.45, 7) is 10.6. The first-order valence-corrected chi connectivity index (χ1v) is 11.6. The van der Waals surface area contributed by atoms with Crippen molar-refractivity contribution in [3.8, 4) is 0 Å². The molecule has 0 spiro atoms. The van der Waals surface area contributed by atoms with E-state index in [9.17, 15) is 15.3 Å². The lowest BCUT2D eigenvalue weighted by atomic mass is 9.71. The molecular weight excluding hydrogens is 384 g/mol. The third-order valence-electron chi connectivity index (χ3n) is 6.90. The van der Waals surface area contributed by atoms with Crippen molar-refractivity contribution in [2.45, 2.75) is 85.0 Å². The van der Waals surface area contributed by atoms with Gasteiger partial charge in [0.2, 0.25) is 0 Å². The normalized spacial score (nSPS) is 13.3. The van der Waals surface area contributed by atoms with Crippen LogP contribution in [0.3, 0.4) is 0 Å². The summed E-state index contributed by atoms with van der Waals surface area (Å²) in [7, 11) is 0. The van der Waals surface area contributed by atoms with Gasteiger partial charge in [-0.1, -0.05) is 76.2 Å². The van der Waals surface area contributed by atoms with Crippen molar-refractivity contribution in [3.63, 3.8) is 0 Å². The molecule has 2 rings (SSSR count). The minimum absolute atomic E-state index is 0.0434. The maximum Gasteiger partial charge on any atom is 0.0747 e. The smallest absolute Gasteiger partial charge is 0.0747 e. The lowest BCUT2D eigenvalue weighted by Gasteiger charge is -2.33. The number of hydrogen-bond acceptors (Lipinski definition) is 3. The van der Waals surface area contributed by atoms with Crippen LogP contribution < -0.4 is 0 Å². The van der Waals surface area contributed by atoms with Crippen LogP contribution >= 0.6 is 0 Å². The molecule has 0 aliphatic heterocycles. The van der Waals surface area contributed by atoms with Crippen LogP contribution in [-0.4, -0.2) is 21.4 Å². The van der Waals surface area contributed by atoms with Crippen molar-refractivity contribution in [3.05, 3.63) is 75.9 Å². The van der Waals surface area contributed by atoms with Crippen LogP contribution in [-0.2, 0) is 25.0 Å². The van der Waals surface area contributed by atoms with Crippen molar-refractivity contribution in [1.29, 1.82) is 0 Å². The van der Waals surface area contributed by atoms with Gasteiger partial charge in [-0.3, -0.25) is 0 Å². The summed E-state index contributed by atoms with van der Waals surface area (Å²) in [6.07, 6.45) is 7.57. The summed E-state index contributed by atoms with van der Waals surface area (Å²) in [5.41, 5.74) is 6.65. The first-order chi connectivity index (χ1) is 14.8. The summed E-state index contributed by atoms with van der Waals surface area (Å²) in [5, 5.41) is 29.1. The second-order valence-electron chi connectivity index (χ2n) is 9.07. The van der Waals surface area contributed by atoms with E-state index in [1.54, 1.807) is 0 Å². The van der Waals surface area contributed by atoms with E-state index < -0.39 is 6.10 Å². The SMILES string of the molecule is CCC(CC)(CCc1ccc(CO)c(CO)c1)c1ccc(C=CC(O)C(C)C)c(C)c1. The zero-order valence-corrected chi connectivity index (χ0v) is 19.9. The van der Waals surface area contributed by atoms with Gasteiger partial charge >= 0.3 is 0 Å². The monoisotopic (exact) mass is 424 g/mol. The molecule has 0 amide bonds. The van der Waals surface area contributed by atoms with Crippen molar-refractivity contribution in [2.75, 3.05) is 0 Å². The van der Waals surface area contributed by atoms with Crippen molar-refractivity contribution < 1.29 is 15.3 Å². The molecule has 0 aliphatic carbocycles. The lowest BCUT2D eigenvalue weighted by molar-refractivity contribution is 0.173. The minimum atomic E-state index is -0.425. The minimum Gasteiger partial charge on any atom is -0.392 e. The molecule has 0 radical (unpaired) electrons. The van der Waals surface area contributed by atoms with E-state index in [1.807, 2.05) is 38.1 Å². The molecule has 1 unspecified atom stereocenters. The van der Waals surface area contributed by atoms with Crippen LogP contribution in [0.4, 0.5) is 0 Å². The lowest BCUT2D eigenvalue weighted by Crippen LogP contribution is -2.25. The molecule has 0 fully saturated rings. The molecule has 0 heterocycles. The van der Waals surface area contributed by atoms with Gasteiger partial charge in [0.05, 0.1) is 19.3 Å². The second kappa shape index (κ2) is 11.6. The fourth-order valence-electron chi connectivity index (χ4n) is 4.29. The Morgan fingerprint density at radius 1 is 0.935 bits per heavy atom. The van der Waals surface area contributed by atoms with E-state index in [1.165, 1.54) is 16.7 Å². The summed E-state index contributed by atoms with van der Waals surface area (Å²) < 4.78 is 0. The zero-order valence-electron chi connectivity index (χ0n) is 19.9. The number of benzene rings is 2. The molecule has 2 aromatic carbocycles. The average molecular weight is 425 g/mol. The molecule has 2 aromatic rings. The van der Waals surface area contributed by atoms with Crippen molar-refractivity contribution in [1.82, 2.24) is 0 Å². The van der Waals surface area contributed by atoms with Crippen LogP contribution in [0.15, 0.2) is 42.5 Å². The Kier molecular flexibility index (Phi) is 9.49. The van der Waals surface area contributed by atoms with Crippen LogP contribution in [0, 0.1) is 12.8 Å². The fraction of sp³-hybridized carbons (Fsp3) is 0.500. The quantitative estimate of drug-likeness (QED) is 0.434. The number of aryl methyl sites for hydroxylation is 2. The average Bonchev–Trinajstić information content (AvgIpc) is 2.78. The van der Waals surface area contributed by atoms with Gasteiger partial charge < -0.3 is 15.3 Å². The molecule has 0 aliphatic rings. The maximum atomic E-state index is 10.1. The van der Waals surface area contributed by atoms with Crippen LogP contribution in [0.1, 0.15) is 80.3 Å². The topological polar surface area (TPSA) is 60.7 Å². The molecule has 3 heteroatoms. The van der Waals surface area contributed by atoms with Crippen molar-refractivity contribution in [2.24, 2.45) is 5.92 Å². The molecule has 3 nitrogen and oxygen atoms in total. The number of rotatable bonds is 11. The molecule has 0 saturated heterocycles. The Morgan fingerprint density at radius 2 is 1.61 bits per heavy atom. The molecule has 31 heavy (non-hydrogen) atoms. The summed E-state index contributed by atoms with van der Waals surface area (Å²) in [4.78, 5) is 0. The van der Waals surface area contributed by atoms with E-state index in [-0.39, 0.29) is 24.5 Å². The highest BCUT2D eigenvalue weighted by molar-refractivity contribution is 5.55. The van der Waals surface area contributed by atoms with Gasteiger partial charge in [-0.2, -0.15) is 0 Å². The number of aliphatic hydroxyl groups excluding tert-OH is 3. The maximum absolute atomic E-state index is 10.1. The van der Waals surface area contributed by atoms with Gasteiger partial charge in [-0.05, 0) is 77.3 Å². The second-order valence-corrected chi connectivity index (χ2v) is 9.07. The number of aliphatic hydroxyl groups is 3. The van der Waals surface area contributed by atoms with E-state index in [2.05, 4.69) is 45.0 Å². The summed E-state index contributed by atoms with van der Waals surface area (Å²) >= 11 is 0. The highest BCUT2D eigenvalue weighted by Gasteiger charge is 2.28. The fourth-order valence-corrected chi connectivity index (χ4v) is 4.29. The van der Waals surface area contributed by atoms with Gasteiger partial charge in [0, 0.05) is 0 Å². The number of hydrogen-bond donors (Lipinski definition) is 3. The summed E-state index contributed by atoms with van der Waals surface area (Å²) in [5.74, 6) is 0.210. The van der Waals surface area contributed by atoms with Crippen LogP contribution in [0.25, 0.3) is 6.08 Å². The van der Waals surface area contributed by atoms with Crippen LogP contribution in [0.2, 0.25) is 0 Å². The van der Waals surface area contributed by atoms with Crippen molar-refractivity contribution >= 4 is 6.08 Å². The Bertz CT molecular complexity index is 863. The summed E-state index contributed by atoms with van der Waals surface area (Å²) in [6, 6.07) is 12.8. The Morgan fingerprint density at radius 3 is 2.16 bits per heavy atom. The van der Waals surface area contributed by atoms with Gasteiger partial charge in [-0.25, -0.2) is 0 Å². The largest absolute Gasteiger partial charge is 0.392 e. The molecule has 0 bridgehead atoms. The third-order valence-corrected chi connectivity index (χ3v) is 6.90. The van der Waals surface area contributed by atoms with E-state index in [0.717, 1.165) is 42.4 Å². The first-order valence-electron chi connectivity index (χ1n) is 11.6. The molecular formula is C28H40O3. The van der Waals surface area contributed by atoms with Gasteiger partial charge in [0.15, 0.2) is 0 Å². The predicted octanol–water partition coefficient (Wildman–Crippen LogP) is 5.70. The van der Waals surface area contributed by atoms with Crippen LogP contribution in [0.5, 0.6) is 0 Å². The first kappa shape index (κ1) is 25.3.